The first-order valence-electron chi connectivity index (χ1n) is 6.77. The largest absolute Gasteiger partial charge is 0.475 e. The van der Waals surface area contributed by atoms with Gasteiger partial charge in [0.2, 0.25) is 15.9 Å². The molecule has 0 saturated heterocycles. The van der Waals surface area contributed by atoms with Crippen LogP contribution in [0, 0.1) is 0 Å². The highest BCUT2D eigenvalue weighted by Crippen LogP contribution is 2.33. The third kappa shape index (κ3) is 2.99. The molecule has 0 spiro atoms. The van der Waals surface area contributed by atoms with Crippen LogP contribution in [0.5, 0.6) is 5.75 Å². The average molecular weight is 333 g/mol. The number of amides is 1. The van der Waals surface area contributed by atoms with Crippen LogP contribution in [0.1, 0.15) is 10.4 Å². The Bertz CT molecular complexity index is 1010. The van der Waals surface area contributed by atoms with Crippen LogP contribution in [0.2, 0.25) is 0 Å². The number of sulfonamides is 1. The van der Waals surface area contributed by atoms with Gasteiger partial charge in [-0.2, -0.15) is 4.72 Å². The van der Waals surface area contributed by atoms with Crippen molar-refractivity contribution < 1.29 is 17.9 Å². The number of nitrogens with two attached hydrogens (primary N) is 1. The second-order valence-electron chi connectivity index (χ2n) is 5.10. The molecule has 1 amide bonds. The summed E-state index contributed by atoms with van der Waals surface area (Å²) in [5.74, 6) is -0.0353. The van der Waals surface area contributed by atoms with Gasteiger partial charge in [-0.15, -0.1) is 0 Å². The molecule has 0 radical (unpaired) electrons. The number of carbonyl (C=O) groups is 1. The summed E-state index contributed by atoms with van der Waals surface area (Å²) in [6, 6.07) is 10.6. The summed E-state index contributed by atoms with van der Waals surface area (Å²) in [6.07, 6.45) is 1.05. The van der Waals surface area contributed by atoms with Crippen LogP contribution >= 0.6 is 0 Å². The Morgan fingerprint density at radius 1 is 1.26 bits per heavy atom. The SMILES string of the molecule is CS(=O)(=O)NCOc1cccc2c1[nH]c1cccc(C(N)=O)c12. The molecular weight excluding hydrogens is 318 g/mol. The highest BCUT2D eigenvalue weighted by atomic mass is 32.2. The lowest BCUT2D eigenvalue weighted by atomic mass is 10.1. The molecule has 23 heavy (non-hydrogen) atoms. The molecule has 0 aliphatic heterocycles. The van der Waals surface area contributed by atoms with E-state index in [0.29, 0.717) is 16.8 Å². The quantitative estimate of drug-likeness (QED) is 0.611. The minimum absolute atomic E-state index is 0.185. The number of nitrogens with one attached hydrogen (secondary N) is 2. The number of aromatic amines is 1. The first-order valence-corrected chi connectivity index (χ1v) is 8.66. The van der Waals surface area contributed by atoms with Gasteiger partial charge in [0, 0.05) is 21.9 Å². The molecule has 1 heterocycles. The van der Waals surface area contributed by atoms with Crippen molar-refractivity contribution in [3.63, 3.8) is 0 Å². The lowest BCUT2D eigenvalue weighted by Crippen LogP contribution is -2.26. The Hall–Kier alpha value is -2.58. The van der Waals surface area contributed by atoms with E-state index in [1.165, 1.54) is 0 Å². The van der Waals surface area contributed by atoms with E-state index < -0.39 is 15.9 Å². The van der Waals surface area contributed by atoms with Crippen molar-refractivity contribution >= 4 is 37.7 Å². The second kappa shape index (κ2) is 5.56. The predicted octanol–water partition coefficient (Wildman–Crippen LogP) is 1.31. The monoisotopic (exact) mass is 333 g/mol. The molecule has 0 aliphatic rings. The van der Waals surface area contributed by atoms with Gasteiger partial charge in [0.25, 0.3) is 0 Å². The van der Waals surface area contributed by atoms with E-state index in [1.54, 1.807) is 24.3 Å². The fourth-order valence-corrected chi connectivity index (χ4v) is 2.76. The topological polar surface area (TPSA) is 114 Å². The molecule has 3 aromatic rings. The summed E-state index contributed by atoms with van der Waals surface area (Å²) >= 11 is 0. The van der Waals surface area contributed by atoms with Gasteiger partial charge in [0.15, 0.2) is 6.73 Å². The van der Waals surface area contributed by atoms with Gasteiger partial charge in [-0.1, -0.05) is 18.2 Å². The van der Waals surface area contributed by atoms with Gasteiger partial charge >= 0.3 is 0 Å². The van der Waals surface area contributed by atoms with Crippen LogP contribution in [0.15, 0.2) is 36.4 Å². The molecule has 3 rings (SSSR count). The van der Waals surface area contributed by atoms with Crippen LogP contribution in [0.4, 0.5) is 0 Å². The normalized spacial score (nSPS) is 11.9. The number of ether oxygens (including phenoxy) is 1. The molecule has 120 valence electrons. The maximum atomic E-state index is 11.6. The highest BCUT2D eigenvalue weighted by molar-refractivity contribution is 7.88. The molecular formula is C15H15N3O4S. The van der Waals surface area contributed by atoms with E-state index >= 15 is 0 Å². The fourth-order valence-electron chi connectivity index (χ4n) is 2.49. The Morgan fingerprint density at radius 2 is 2.00 bits per heavy atom. The van der Waals surface area contributed by atoms with Gasteiger partial charge < -0.3 is 15.5 Å². The van der Waals surface area contributed by atoms with Gasteiger partial charge in [-0.3, -0.25) is 4.79 Å². The standard InChI is InChI=1S/C15H15N3O4S/c1-23(20,21)17-8-22-12-7-3-4-9-13-10(15(16)19)5-2-6-11(13)18-14(9)12/h2-7,17-18H,8H2,1H3,(H2,16,19). The fraction of sp³-hybridized carbons (Fsp3) is 0.133. The van der Waals surface area contributed by atoms with Crippen molar-refractivity contribution in [2.75, 3.05) is 13.0 Å². The van der Waals surface area contributed by atoms with Gasteiger partial charge in [0.05, 0.1) is 11.8 Å². The number of carbonyl (C=O) groups excluding carboxylic acids is 1. The summed E-state index contributed by atoms with van der Waals surface area (Å²) in [4.78, 5) is 14.8. The maximum Gasteiger partial charge on any atom is 0.249 e. The zero-order valence-corrected chi connectivity index (χ0v) is 13.1. The summed E-state index contributed by atoms with van der Waals surface area (Å²) in [5, 5.41) is 1.50. The average Bonchev–Trinajstić information content (AvgIpc) is 2.85. The number of hydrogen-bond donors (Lipinski definition) is 3. The van der Waals surface area contributed by atoms with Crippen molar-refractivity contribution in [1.29, 1.82) is 0 Å². The van der Waals surface area contributed by atoms with Crippen LogP contribution < -0.4 is 15.2 Å². The van der Waals surface area contributed by atoms with Crippen LogP contribution in [-0.4, -0.2) is 32.3 Å². The number of rotatable bonds is 5. The molecule has 0 atom stereocenters. The van der Waals surface area contributed by atoms with E-state index in [1.807, 2.05) is 12.1 Å². The molecule has 0 saturated carbocycles. The van der Waals surface area contributed by atoms with Crippen molar-refractivity contribution in [1.82, 2.24) is 9.71 Å². The molecule has 0 unspecified atom stereocenters. The molecule has 7 nitrogen and oxygen atoms in total. The zero-order valence-electron chi connectivity index (χ0n) is 12.3. The van der Waals surface area contributed by atoms with Gasteiger partial charge in [0.1, 0.15) is 5.75 Å². The van der Waals surface area contributed by atoms with E-state index in [2.05, 4.69) is 9.71 Å². The highest BCUT2D eigenvalue weighted by Gasteiger charge is 2.14. The number of hydrogen-bond acceptors (Lipinski definition) is 4. The van der Waals surface area contributed by atoms with E-state index in [4.69, 9.17) is 10.5 Å². The minimum Gasteiger partial charge on any atom is -0.475 e. The number of aromatic nitrogens is 1. The lowest BCUT2D eigenvalue weighted by molar-refractivity contribution is 0.100. The van der Waals surface area contributed by atoms with Crippen molar-refractivity contribution in [3.05, 3.63) is 42.0 Å². The Morgan fingerprint density at radius 3 is 2.70 bits per heavy atom. The minimum atomic E-state index is -3.34. The number of benzene rings is 2. The molecule has 0 bridgehead atoms. The maximum absolute atomic E-state index is 11.6. The summed E-state index contributed by atoms with van der Waals surface area (Å²) in [5.41, 5.74) is 7.28. The first kappa shape index (κ1) is 15.3. The van der Waals surface area contributed by atoms with Crippen LogP contribution in [0.3, 0.4) is 0 Å². The summed E-state index contributed by atoms with van der Waals surface area (Å²) < 4.78 is 29.9. The Labute approximate surface area is 132 Å². The number of fused-ring (bicyclic) bond motifs is 3. The Balaban J connectivity index is 2.10. The molecule has 0 fully saturated rings. The van der Waals surface area contributed by atoms with E-state index in [9.17, 15) is 13.2 Å². The van der Waals surface area contributed by atoms with Crippen molar-refractivity contribution in [2.24, 2.45) is 5.73 Å². The number of para-hydroxylation sites is 1. The zero-order chi connectivity index (χ0) is 16.6. The third-order valence-electron chi connectivity index (χ3n) is 3.43. The molecule has 8 heteroatoms. The molecule has 0 aliphatic carbocycles. The number of primary amides is 1. The van der Waals surface area contributed by atoms with Crippen LogP contribution in [-0.2, 0) is 10.0 Å². The van der Waals surface area contributed by atoms with Gasteiger partial charge in [-0.05, 0) is 18.2 Å². The predicted molar refractivity (Wildman–Crippen MR) is 87.8 cm³/mol. The Kier molecular flexibility index (Phi) is 3.70. The molecule has 1 aromatic heterocycles. The first-order chi connectivity index (χ1) is 10.9. The van der Waals surface area contributed by atoms with E-state index in [0.717, 1.165) is 22.5 Å². The van der Waals surface area contributed by atoms with Crippen molar-refractivity contribution in [2.45, 2.75) is 0 Å². The van der Waals surface area contributed by atoms with Gasteiger partial charge in [-0.25, -0.2) is 8.42 Å². The molecule has 2 aromatic carbocycles. The van der Waals surface area contributed by atoms with E-state index in [-0.39, 0.29) is 6.73 Å². The van der Waals surface area contributed by atoms with Crippen molar-refractivity contribution in [3.8, 4) is 5.75 Å². The summed E-state index contributed by atoms with van der Waals surface area (Å²) in [7, 11) is -3.34. The molecule has 4 N–H and O–H groups in total. The lowest BCUT2D eigenvalue weighted by Gasteiger charge is -2.07. The second-order valence-corrected chi connectivity index (χ2v) is 6.93. The smallest absolute Gasteiger partial charge is 0.249 e. The third-order valence-corrected chi connectivity index (χ3v) is 4.08. The van der Waals surface area contributed by atoms with Crippen LogP contribution in [0.25, 0.3) is 21.8 Å². The summed E-state index contributed by atoms with van der Waals surface area (Å²) in [6.45, 7) is -0.185. The number of H-pyrrole nitrogens is 1.